The average Bonchev–Trinajstić information content (AvgIpc) is 2.52. The first-order chi connectivity index (χ1) is 13.3. The molecular formula is C26H30O4. The van der Waals surface area contributed by atoms with Crippen molar-refractivity contribution in [3.8, 4) is 47.4 Å². The number of hydrogen-bond donors (Lipinski definition) is 4. The molecule has 0 saturated heterocycles. The number of hydrogen-bond acceptors (Lipinski definition) is 4. The first-order valence-corrected chi connectivity index (χ1v) is 9.55. The van der Waals surface area contributed by atoms with Gasteiger partial charge in [0.15, 0.2) is 0 Å². The van der Waals surface area contributed by atoms with E-state index in [2.05, 4.69) is 47.4 Å². The van der Waals surface area contributed by atoms with E-state index < -0.39 is 22.4 Å². The molecule has 0 bridgehead atoms. The Hall–Kier alpha value is -2.70. The molecule has 30 heavy (non-hydrogen) atoms. The van der Waals surface area contributed by atoms with Crippen molar-refractivity contribution in [3.63, 3.8) is 0 Å². The van der Waals surface area contributed by atoms with Gasteiger partial charge >= 0.3 is 0 Å². The van der Waals surface area contributed by atoms with Crippen LogP contribution in [0.4, 0.5) is 0 Å². The van der Waals surface area contributed by atoms with Gasteiger partial charge in [-0.15, -0.1) is 0 Å². The van der Waals surface area contributed by atoms with Crippen LogP contribution < -0.4 is 0 Å². The normalized spacial score (nSPS) is 11.6. The fourth-order valence-corrected chi connectivity index (χ4v) is 1.89. The first kappa shape index (κ1) is 25.3. The summed E-state index contributed by atoms with van der Waals surface area (Å²) in [4.78, 5) is 0. The second-order valence-electron chi connectivity index (χ2n) is 9.18. The van der Waals surface area contributed by atoms with Gasteiger partial charge in [0.05, 0.1) is 0 Å². The van der Waals surface area contributed by atoms with E-state index in [-0.39, 0.29) is 0 Å². The van der Waals surface area contributed by atoms with Gasteiger partial charge in [-0.25, -0.2) is 0 Å². The molecule has 1 aromatic rings. The molecule has 1 aromatic carbocycles. The molecule has 0 fully saturated rings. The maximum Gasteiger partial charge on any atom is 0.120 e. The molecule has 0 aliphatic rings. The van der Waals surface area contributed by atoms with E-state index in [1.165, 1.54) is 0 Å². The molecule has 0 heterocycles. The van der Waals surface area contributed by atoms with Gasteiger partial charge in [-0.3, -0.25) is 0 Å². The zero-order chi connectivity index (χ0) is 23.4. The molecule has 0 aliphatic carbocycles. The van der Waals surface area contributed by atoms with Gasteiger partial charge in [0.1, 0.15) is 22.4 Å². The van der Waals surface area contributed by atoms with Crippen LogP contribution in [0.1, 0.15) is 77.6 Å². The molecule has 0 atom stereocenters. The molecule has 1 rings (SSSR count). The number of rotatable bonds is 0. The SMILES string of the molecule is CC(C)(O)C#Cc1cc(C#CC(C)(C)O)c(C#CC(C)(C)O)cc1C#CC(C)(C)O. The summed E-state index contributed by atoms with van der Waals surface area (Å²) in [6.45, 7) is 12.6. The lowest BCUT2D eigenvalue weighted by Gasteiger charge is -2.10. The van der Waals surface area contributed by atoms with Crippen molar-refractivity contribution in [2.45, 2.75) is 77.8 Å². The minimum atomic E-state index is -1.21. The van der Waals surface area contributed by atoms with E-state index in [0.29, 0.717) is 22.3 Å². The third-order valence-electron chi connectivity index (χ3n) is 3.17. The van der Waals surface area contributed by atoms with E-state index in [0.717, 1.165) is 0 Å². The van der Waals surface area contributed by atoms with Crippen LogP contribution in [0, 0.1) is 47.4 Å². The van der Waals surface area contributed by atoms with Gasteiger partial charge < -0.3 is 20.4 Å². The van der Waals surface area contributed by atoms with Crippen LogP contribution >= 0.6 is 0 Å². The van der Waals surface area contributed by atoms with E-state index in [9.17, 15) is 20.4 Å². The minimum absolute atomic E-state index is 0.503. The van der Waals surface area contributed by atoms with Crippen LogP contribution in [0.25, 0.3) is 0 Å². The van der Waals surface area contributed by atoms with E-state index in [1.807, 2.05) is 0 Å². The lowest BCUT2D eigenvalue weighted by atomic mass is 9.96. The van der Waals surface area contributed by atoms with Crippen molar-refractivity contribution in [2.75, 3.05) is 0 Å². The highest BCUT2D eigenvalue weighted by molar-refractivity contribution is 5.62. The fourth-order valence-electron chi connectivity index (χ4n) is 1.89. The summed E-state index contributed by atoms with van der Waals surface area (Å²) < 4.78 is 0. The molecule has 0 radical (unpaired) electrons. The maximum absolute atomic E-state index is 9.98. The molecule has 0 aliphatic heterocycles. The Morgan fingerprint density at radius 3 is 0.733 bits per heavy atom. The van der Waals surface area contributed by atoms with Gasteiger partial charge in [0.25, 0.3) is 0 Å². The Morgan fingerprint density at radius 2 is 0.600 bits per heavy atom. The van der Waals surface area contributed by atoms with Gasteiger partial charge in [-0.1, -0.05) is 47.4 Å². The van der Waals surface area contributed by atoms with Crippen molar-refractivity contribution in [1.82, 2.24) is 0 Å². The summed E-state index contributed by atoms with van der Waals surface area (Å²) in [5.74, 6) is 22.7. The topological polar surface area (TPSA) is 80.9 Å². The summed E-state index contributed by atoms with van der Waals surface area (Å²) in [6, 6.07) is 3.36. The second-order valence-corrected chi connectivity index (χ2v) is 9.18. The van der Waals surface area contributed by atoms with Crippen LogP contribution in [0.2, 0.25) is 0 Å². The summed E-state index contributed by atoms with van der Waals surface area (Å²) in [7, 11) is 0. The van der Waals surface area contributed by atoms with Gasteiger partial charge in [-0.05, 0) is 67.5 Å². The Kier molecular flexibility index (Phi) is 7.58. The predicted molar refractivity (Wildman–Crippen MR) is 119 cm³/mol. The first-order valence-electron chi connectivity index (χ1n) is 9.55. The standard InChI is InChI=1S/C26H30O4/c1-23(2,27)13-9-19-17-21(11-15-25(5,6)29)22(12-16-26(7,8)30)18-20(19)10-14-24(3,4)28/h17-18,27-30H,1-8H3. The van der Waals surface area contributed by atoms with Crippen LogP contribution in [-0.4, -0.2) is 42.8 Å². The van der Waals surface area contributed by atoms with Crippen molar-refractivity contribution in [3.05, 3.63) is 34.4 Å². The van der Waals surface area contributed by atoms with Crippen molar-refractivity contribution < 1.29 is 20.4 Å². The zero-order valence-electron chi connectivity index (χ0n) is 18.9. The highest BCUT2D eigenvalue weighted by Gasteiger charge is 2.13. The predicted octanol–water partition coefficient (Wildman–Crippen LogP) is 2.18. The molecule has 0 aromatic heterocycles. The third kappa shape index (κ3) is 10.7. The molecule has 0 unspecified atom stereocenters. The average molecular weight is 407 g/mol. The van der Waals surface area contributed by atoms with Gasteiger partial charge in [-0.2, -0.15) is 0 Å². The minimum Gasteiger partial charge on any atom is -0.378 e. The fraction of sp³-hybridized carbons (Fsp3) is 0.462. The lowest BCUT2D eigenvalue weighted by Crippen LogP contribution is -2.15. The summed E-state index contributed by atoms with van der Waals surface area (Å²) in [5.41, 5.74) is -2.83. The zero-order valence-corrected chi connectivity index (χ0v) is 18.9. The van der Waals surface area contributed by atoms with E-state index in [4.69, 9.17) is 0 Å². The van der Waals surface area contributed by atoms with Gasteiger partial charge in [0.2, 0.25) is 0 Å². The molecule has 4 nitrogen and oxygen atoms in total. The Bertz CT molecular complexity index is 865. The van der Waals surface area contributed by atoms with Crippen LogP contribution in [-0.2, 0) is 0 Å². The number of benzene rings is 1. The molecule has 4 heteroatoms. The van der Waals surface area contributed by atoms with Crippen LogP contribution in [0.15, 0.2) is 12.1 Å². The summed E-state index contributed by atoms with van der Waals surface area (Å²) in [5, 5.41) is 39.9. The van der Waals surface area contributed by atoms with E-state index in [1.54, 1.807) is 67.5 Å². The van der Waals surface area contributed by atoms with E-state index >= 15 is 0 Å². The summed E-state index contributed by atoms with van der Waals surface area (Å²) in [6.07, 6.45) is 0. The van der Waals surface area contributed by atoms with Gasteiger partial charge in [0, 0.05) is 22.3 Å². The lowest BCUT2D eigenvalue weighted by molar-refractivity contribution is 0.143. The molecule has 0 saturated carbocycles. The Balaban J connectivity index is 3.87. The monoisotopic (exact) mass is 406 g/mol. The highest BCUT2D eigenvalue weighted by atomic mass is 16.3. The quantitative estimate of drug-likeness (QED) is 0.498. The summed E-state index contributed by atoms with van der Waals surface area (Å²) >= 11 is 0. The highest BCUT2D eigenvalue weighted by Crippen LogP contribution is 2.17. The molecule has 158 valence electrons. The van der Waals surface area contributed by atoms with Crippen molar-refractivity contribution >= 4 is 0 Å². The Morgan fingerprint density at radius 1 is 0.433 bits per heavy atom. The molecule has 0 amide bonds. The van der Waals surface area contributed by atoms with Crippen LogP contribution in [0.5, 0.6) is 0 Å². The number of aliphatic hydroxyl groups is 4. The third-order valence-corrected chi connectivity index (χ3v) is 3.17. The smallest absolute Gasteiger partial charge is 0.120 e. The molecular weight excluding hydrogens is 376 g/mol. The van der Waals surface area contributed by atoms with Crippen molar-refractivity contribution in [1.29, 1.82) is 0 Å². The molecule has 4 N–H and O–H groups in total. The van der Waals surface area contributed by atoms with Crippen molar-refractivity contribution in [2.24, 2.45) is 0 Å². The largest absolute Gasteiger partial charge is 0.378 e. The maximum atomic E-state index is 9.98. The van der Waals surface area contributed by atoms with Crippen LogP contribution in [0.3, 0.4) is 0 Å². The Labute approximate surface area is 180 Å². The second kappa shape index (κ2) is 8.98. The molecule has 0 spiro atoms.